The van der Waals surface area contributed by atoms with E-state index in [4.69, 9.17) is 4.52 Å². The summed E-state index contributed by atoms with van der Waals surface area (Å²) in [7, 11) is 0. The lowest BCUT2D eigenvalue weighted by atomic mass is 9.98. The van der Waals surface area contributed by atoms with Crippen molar-refractivity contribution in [2.45, 2.75) is 38.5 Å². The second-order valence-corrected chi connectivity index (χ2v) is 7.28. The van der Waals surface area contributed by atoms with E-state index in [2.05, 4.69) is 25.7 Å². The van der Waals surface area contributed by atoms with Crippen LogP contribution in [0.4, 0.5) is 10.5 Å². The quantitative estimate of drug-likeness (QED) is 0.745. The summed E-state index contributed by atoms with van der Waals surface area (Å²) in [4.78, 5) is 19.1. The number of aromatic nitrogens is 5. The first kappa shape index (κ1) is 18.1. The number of hydrogen-bond acceptors (Lipinski definition) is 6. The van der Waals surface area contributed by atoms with Gasteiger partial charge in [0.25, 0.3) is 0 Å². The van der Waals surface area contributed by atoms with E-state index in [-0.39, 0.29) is 17.9 Å². The van der Waals surface area contributed by atoms with Crippen LogP contribution in [0.1, 0.15) is 50.2 Å². The van der Waals surface area contributed by atoms with Gasteiger partial charge in [-0.1, -0.05) is 25.1 Å². The van der Waals surface area contributed by atoms with E-state index in [9.17, 15) is 4.79 Å². The van der Waals surface area contributed by atoms with Gasteiger partial charge < -0.3 is 14.7 Å². The Bertz CT molecular complexity index is 935. The summed E-state index contributed by atoms with van der Waals surface area (Å²) in [5.41, 5.74) is 1.60. The number of nitrogens with zero attached hydrogens (tertiary/aromatic N) is 6. The molecule has 1 atom stereocenters. The Morgan fingerprint density at radius 3 is 2.86 bits per heavy atom. The van der Waals surface area contributed by atoms with Crippen molar-refractivity contribution >= 4 is 11.7 Å². The van der Waals surface area contributed by atoms with Gasteiger partial charge in [-0.3, -0.25) is 4.57 Å². The Morgan fingerprint density at radius 2 is 2.11 bits per heavy atom. The number of amides is 2. The lowest BCUT2D eigenvalue weighted by molar-refractivity contribution is 0.184. The van der Waals surface area contributed by atoms with Gasteiger partial charge in [0, 0.05) is 24.7 Å². The number of carbonyl (C=O) groups is 1. The van der Waals surface area contributed by atoms with E-state index >= 15 is 0 Å². The lowest BCUT2D eigenvalue weighted by Crippen LogP contribution is -2.41. The van der Waals surface area contributed by atoms with E-state index in [1.54, 1.807) is 22.1 Å². The summed E-state index contributed by atoms with van der Waals surface area (Å²) >= 11 is 0. The summed E-state index contributed by atoms with van der Waals surface area (Å²) in [6.07, 6.45) is 5.07. The summed E-state index contributed by atoms with van der Waals surface area (Å²) in [6, 6.07) is 7.43. The molecule has 1 fully saturated rings. The molecule has 1 N–H and O–H groups in total. The minimum absolute atomic E-state index is 0.0721. The van der Waals surface area contributed by atoms with Gasteiger partial charge >= 0.3 is 6.03 Å². The van der Waals surface area contributed by atoms with Crippen molar-refractivity contribution in [1.29, 1.82) is 0 Å². The van der Waals surface area contributed by atoms with Crippen molar-refractivity contribution in [3.63, 3.8) is 0 Å². The molecule has 2 amide bonds. The van der Waals surface area contributed by atoms with Gasteiger partial charge in [0.2, 0.25) is 5.89 Å². The third kappa shape index (κ3) is 3.88. The topological polar surface area (TPSA) is 102 Å². The van der Waals surface area contributed by atoms with Crippen molar-refractivity contribution < 1.29 is 9.32 Å². The minimum Gasteiger partial charge on any atom is -0.339 e. The summed E-state index contributed by atoms with van der Waals surface area (Å²) in [6.45, 7) is 5.34. The molecule has 0 aliphatic carbocycles. The lowest BCUT2D eigenvalue weighted by Gasteiger charge is -2.31. The van der Waals surface area contributed by atoms with E-state index in [1.165, 1.54) is 0 Å². The Labute approximate surface area is 162 Å². The predicted octanol–water partition coefficient (Wildman–Crippen LogP) is 3.19. The Hall–Kier alpha value is -3.23. The smallest absolute Gasteiger partial charge is 0.321 e. The normalized spacial score (nSPS) is 17.1. The molecule has 28 heavy (non-hydrogen) atoms. The van der Waals surface area contributed by atoms with Gasteiger partial charge in [-0.25, -0.2) is 4.79 Å². The van der Waals surface area contributed by atoms with E-state index in [1.807, 2.05) is 38.1 Å². The van der Waals surface area contributed by atoms with Crippen LogP contribution in [0.3, 0.4) is 0 Å². The number of urea groups is 1. The van der Waals surface area contributed by atoms with Gasteiger partial charge in [-0.15, -0.1) is 10.2 Å². The van der Waals surface area contributed by atoms with Crippen molar-refractivity contribution in [1.82, 2.24) is 29.8 Å². The highest BCUT2D eigenvalue weighted by atomic mass is 16.5. The van der Waals surface area contributed by atoms with E-state index in [0.717, 1.165) is 24.2 Å². The van der Waals surface area contributed by atoms with Crippen LogP contribution in [0.15, 0.2) is 41.4 Å². The first-order valence-corrected chi connectivity index (χ1v) is 9.44. The largest absolute Gasteiger partial charge is 0.339 e. The SMILES string of the molecule is CC(C)c1noc([C@@H]2CCCN(C(=O)Nc3cccc(-n4cnnc4)c3)C2)n1. The molecule has 1 saturated heterocycles. The second-order valence-electron chi connectivity index (χ2n) is 7.28. The number of nitrogens with one attached hydrogen (secondary N) is 1. The number of benzene rings is 1. The number of likely N-dealkylation sites (tertiary alicyclic amines) is 1. The van der Waals surface area contributed by atoms with E-state index < -0.39 is 0 Å². The maximum atomic E-state index is 12.8. The highest BCUT2D eigenvalue weighted by Crippen LogP contribution is 2.27. The molecule has 146 valence electrons. The number of rotatable bonds is 4. The second kappa shape index (κ2) is 7.79. The van der Waals surface area contributed by atoms with Crippen molar-refractivity contribution in [3.8, 4) is 5.69 Å². The maximum absolute atomic E-state index is 12.8. The molecular weight excluding hydrogens is 358 g/mol. The average Bonchev–Trinajstić information content (AvgIpc) is 3.40. The third-order valence-corrected chi connectivity index (χ3v) is 4.85. The number of piperidine rings is 1. The van der Waals surface area contributed by atoms with Crippen LogP contribution < -0.4 is 5.32 Å². The van der Waals surface area contributed by atoms with Gasteiger partial charge in [0.15, 0.2) is 5.82 Å². The van der Waals surface area contributed by atoms with Crippen LogP contribution >= 0.6 is 0 Å². The molecule has 3 heterocycles. The average molecular weight is 381 g/mol. The molecule has 2 aromatic heterocycles. The molecule has 9 nitrogen and oxygen atoms in total. The van der Waals surface area contributed by atoms with Crippen LogP contribution in [0, 0.1) is 0 Å². The molecule has 3 aromatic rings. The predicted molar refractivity (Wildman–Crippen MR) is 102 cm³/mol. The Kier molecular flexibility index (Phi) is 5.05. The highest BCUT2D eigenvalue weighted by Gasteiger charge is 2.29. The van der Waals surface area contributed by atoms with Crippen molar-refractivity contribution in [3.05, 3.63) is 48.6 Å². The molecule has 1 aromatic carbocycles. The fourth-order valence-electron chi connectivity index (χ4n) is 3.29. The molecule has 0 radical (unpaired) electrons. The van der Waals surface area contributed by atoms with Crippen LogP contribution in [-0.4, -0.2) is 48.9 Å². The van der Waals surface area contributed by atoms with Crippen LogP contribution in [0.5, 0.6) is 0 Å². The molecule has 9 heteroatoms. The molecule has 0 spiro atoms. The van der Waals surface area contributed by atoms with Gasteiger partial charge in [-0.05, 0) is 31.0 Å². The zero-order valence-corrected chi connectivity index (χ0v) is 15.9. The van der Waals surface area contributed by atoms with Crippen LogP contribution in [0.25, 0.3) is 5.69 Å². The number of hydrogen-bond donors (Lipinski definition) is 1. The van der Waals surface area contributed by atoms with Crippen molar-refractivity contribution in [2.24, 2.45) is 0 Å². The van der Waals surface area contributed by atoms with Gasteiger partial charge in [0.05, 0.1) is 11.6 Å². The molecular formula is C19H23N7O2. The molecule has 0 unspecified atom stereocenters. The van der Waals surface area contributed by atoms with Gasteiger partial charge in [0.1, 0.15) is 12.7 Å². The highest BCUT2D eigenvalue weighted by molar-refractivity contribution is 5.89. The van der Waals surface area contributed by atoms with Crippen LogP contribution in [-0.2, 0) is 0 Å². The molecule has 0 bridgehead atoms. The zero-order valence-electron chi connectivity index (χ0n) is 15.9. The molecule has 1 aliphatic heterocycles. The number of anilines is 1. The molecule has 1 aliphatic rings. The fraction of sp³-hybridized carbons (Fsp3) is 0.421. The van der Waals surface area contributed by atoms with E-state index in [0.29, 0.717) is 24.8 Å². The first-order valence-electron chi connectivity index (χ1n) is 9.44. The van der Waals surface area contributed by atoms with Crippen LogP contribution in [0.2, 0.25) is 0 Å². The third-order valence-electron chi connectivity index (χ3n) is 4.85. The van der Waals surface area contributed by atoms with Gasteiger partial charge in [-0.2, -0.15) is 4.98 Å². The first-order chi connectivity index (χ1) is 13.6. The Morgan fingerprint density at radius 1 is 1.29 bits per heavy atom. The van der Waals surface area contributed by atoms with Crippen molar-refractivity contribution in [2.75, 3.05) is 18.4 Å². The molecule has 4 rings (SSSR count). The fourth-order valence-corrected chi connectivity index (χ4v) is 3.29. The minimum atomic E-state index is -0.130. The zero-order chi connectivity index (χ0) is 19.5. The number of carbonyl (C=O) groups excluding carboxylic acids is 1. The standard InChI is InChI=1S/C19H23N7O2/c1-13(2)17-23-18(28-24-17)14-5-4-8-25(10-14)19(27)22-15-6-3-7-16(9-15)26-11-20-21-12-26/h3,6-7,9,11-14H,4-5,8,10H2,1-2H3,(H,22,27)/t14-/m1/s1. The molecule has 0 saturated carbocycles. The Balaban J connectivity index is 1.42. The summed E-state index contributed by atoms with van der Waals surface area (Å²) < 4.78 is 7.22. The summed E-state index contributed by atoms with van der Waals surface area (Å²) in [5, 5.41) is 14.6. The monoisotopic (exact) mass is 381 g/mol. The maximum Gasteiger partial charge on any atom is 0.321 e. The summed E-state index contributed by atoms with van der Waals surface area (Å²) in [5.74, 6) is 1.62.